The van der Waals surface area contributed by atoms with E-state index < -0.39 is 12.3 Å². The minimum absolute atomic E-state index is 0.0447. The van der Waals surface area contributed by atoms with Crippen molar-refractivity contribution in [2.45, 2.75) is 37.7 Å². The van der Waals surface area contributed by atoms with Gasteiger partial charge in [0.2, 0.25) is 5.88 Å². The van der Waals surface area contributed by atoms with Gasteiger partial charge in [0, 0.05) is 30.2 Å². The van der Waals surface area contributed by atoms with Crippen molar-refractivity contribution in [2.24, 2.45) is 0 Å². The maximum atomic E-state index is 14.9. The molecular weight excluding hydrogens is 387 g/mol. The zero-order valence-electron chi connectivity index (χ0n) is 16.6. The molecule has 0 amide bonds. The molecule has 9 heteroatoms. The molecule has 0 spiro atoms. The van der Waals surface area contributed by atoms with Crippen LogP contribution in [0.25, 0.3) is 16.9 Å². The molecule has 1 N–H and O–H groups in total. The molecule has 0 radical (unpaired) electrons. The van der Waals surface area contributed by atoms with Gasteiger partial charge in [-0.15, -0.1) is 15.3 Å². The maximum absolute atomic E-state index is 14.9. The van der Waals surface area contributed by atoms with Gasteiger partial charge in [0.05, 0.1) is 29.8 Å². The average Bonchev–Trinajstić information content (AvgIpc) is 3.34. The summed E-state index contributed by atoms with van der Waals surface area (Å²) in [5.41, 5.74) is 2.88. The zero-order chi connectivity index (χ0) is 20.8. The second-order valence-corrected chi connectivity index (χ2v) is 7.72. The molecule has 2 aliphatic rings. The third-order valence-electron chi connectivity index (χ3n) is 5.91. The molecule has 4 atom stereocenters. The number of benzene rings is 1. The van der Waals surface area contributed by atoms with E-state index in [2.05, 4.69) is 25.4 Å². The lowest BCUT2D eigenvalue weighted by atomic mass is 9.96. The molecule has 0 aliphatic carbocycles. The number of hydrogen-bond donors (Lipinski definition) is 1. The molecule has 30 heavy (non-hydrogen) atoms. The van der Waals surface area contributed by atoms with E-state index in [1.165, 1.54) is 5.57 Å². The fraction of sp³-hybridized carbons (Fsp3) is 0.333. The van der Waals surface area contributed by atoms with Crippen LogP contribution in [0.2, 0.25) is 0 Å². The predicted octanol–water partition coefficient (Wildman–Crippen LogP) is 2.55. The van der Waals surface area contributed by atoms with Gasteiger partial charge in [0.25, 0.3) is 0 Å². The monoisotopic (exact) mass is 408 g/mol. The Morgan fingerprint density at radius 1 is 1.20 bits per heavy atom. The van der Waals surface area contributed by atoms with Crippen molar-refractivity contribution in [2.75, 3.05) is 7.05 Å². The first-order valence-corrected chi connectivity index (χ1v) is 9.76. The van der Waals surface area contributed by atoms with E-state index in [9.17, 15) is 9.50 Å². The highest BCUT2D eigenvalue weighted by Gasteiger charge is 2.46. The number of aromatic hydroxyl groups is 1. The molecule has 3 aromatic rings. The summed E-state index contributed by atoms with van der Waals surface area (Å²) in [6.07, 6.45) is 4.11. The SMILES string of the molecule is CC1=CC2[C@H](F)[C@@H](Oc3ccc(-c4ccc(-n5ccnn5)cc4O)nn3)CC1N2C. The zero-order valence-corrected chi connectivity index (χ0v) is 16.6. The Balaban J connectivity index is 1.32. The van der Waals surface area contributed by atoms with Crippen LogP contribution < -0.4 is 4.74 Å². The highest BCUT2D eigenvalue weighted by Crippen LogP contribution is 2.37. The van der Waals surface area contributed by atoms with Crippen LogP contribution in [0.5, 0.6) is 11.6 Å². The topological polar surface area (TPSA) is 89.2 Å². The molecule has 0 saturated carbocycles. The van der Waals surface area contributed by atoms with Gasteiger partial charge >= 0.3 is 0 Å². The second-order valence-electron chi connectivity index (χ2n) is 7.72. The van der Waals surface area contributed by atoms with Crippen LogP contribution in [-0.2, 0) is 0 Å². The Morgan fingerprint density at radius 2 is 2.07 bits per heavy atom. The number of fused-ring (bicyclic) bond motifs is 2. The molecule has 2 bridgehead atoms. The van der Waals surface area contributed by atoms with Crippen LogP contribution >= 0.6 is 0 Å². The van der Waals surface area contributed by atoms with E-state index in [1.807, 2.05) is 20.0 Å². The van der Waals surface area contributed by atoms with Gasteiger partial charge in [-0.05, 0) is 32.2 Å². The van der Waals surface area contributed by atoms with Gasteiger partial charge in [-0.3, -0.25) is 4.90 Å². The fourth-order valence-electron chi connectivity index (χ4n) is 4.29. The van der Waals surface area contributed by atoms with Crippen molar-refractivity contribution in [3.63, 3.8) is 0 Å². The Morgan fingerprint density at radius 3 is 2.77 bits per heavy atom. The van der Waals surface area contributed by atoms with E-state index in [4.69, 9.17) is 4.74 Å². The molecule has 5 rings (SSSR count). The summed E-state index contributed by atoms with van der Waals surface area (Å²) >= 11 is 0. The first-order chi connectivity index (χ1) is 14.5. The van der Waals surface area contributed by atoms with Gasteiger partial charge in [-0.1, -0.05) is 16.9 Å². The Bertz CT molecular complexity index is 1090. The van der Waals surface area contributed by atoms with E-state index >= 15 is 0 Å². The van der Waals surface area contributed by atoms with Crippen molar-refractivity contribution in [1.82, 2.24) is 30.1 Å². The summed E-state index contributed by atoms with van der Waals surface area (Å²) in [7, 11) is 1.94. The van der Waals surface area contributed by atoms with Crippen LogP contribution in [0, 0.1) is 0 Å². The lowest BCUT2D eigenvalue weighted by molar-refractivity contribution is -0.00705. The number of nitrogens with zero attached hydrogens (tertiary/aromatic N) is 6. The molecule has 4 heterocycles. The molecule has 154 valence electrons. The first kappa shape index (κ1) is 18.7. The summed E-state index contributed by atoms with van der Waals surface area (Å²) in [4.78, 5) is 2.06. The Kier molecular flexibility index (Phi) is 4.47. The molecule has 2 unspecified atom stereocenters. The number of phenols is 1. The maximum Gasteiger partial charge on any atom is 0.233 e. The predicted molar refractivity (Wildman–Crippen MR) is 107 cm³/mol. The number of hydrogen-bond acceptors (Lipinski definition) is 7. The Hall–Kier alpha value is -3.33. The number of rotatable bonds is 4. The number of alkyl halides is 1. The van der Waals surface area contributed by atoms with Crippen molar-refractivity contribution < 1.29 is 14.2 Å². The fourth-order valence-corrected chi connectivity index (χ4v) is 4.29. The molecule has 1 saturated heterocycles. The van der Waals surface area contributed by atoms with Gasteiger partial charge in [-0.25, -0.2) is 9.07 Å². The van der Waals surface area contributed by atoms with Gasteiger partial charge < -0.3 is 9.84 Å². The van der Waals surface area contributed by atoms with Gasteiger partial charge in [-0.2, -0.15) is 0 Å². The van der Waals surface area contributed by atoms with Gasteiger partial charge in [0.1, 0.15) is 11.9 Å². The van der Waals surface area contributed by atoms with Crippen molar-refractivity contribution in [3.05, 3.63) is 54.4 Å². The number of halogens is 1. The van der Waals surface area contributed by atoms with E-state index in [0.29, 0.717) is 23.4 Å². The van der Waals surface area contributed by atoms with E-state index in [-0.39, 0.29) is 23.7 Å². The minimum atomic E-state index is -1.13. The van der Waals surface area contributed by atoms with E-state index in [1.54, 1.807) is 47.4 Å². The lowest BCUT2D eigenvalue weighted by Crippen LogP contribution is -2.53. The molecule has 1 aromatic carbocycles. The quantitative estimate of drug-likeness (QED) is 0.664. The summed E-state index contributed by atoms with van der Waals surface area (Å²) < 4.78 is 22.3. The summed E-state index contributed by atoms with van der Waals surface area (Å²) in [6.45, 7) is 2.03. The van der Waals surface area contributed by atoms with Gasteiger partial charge in [0.15, 0.2) is 6.17 Å². The number of likely N-dealkylation sites (N-methyl/N-ethyl adjacent to an activating group) is 1. The number of aromatic nitrogens is 5. The lowest BCUT2D eigenvalue weighted by Gasteiger charge is -2.39. The van der Waals surface area contributed by atoms with E-state index in [0.717, 1.165) is 0 Å². The average molecular weight is 408 g/mol. The minimum Gasteiger partial charge on any atom is -0.507 e. The number of piperidine rings is 1. The molecule has 8 nitrogen and oxygen atoms in total. The molecular formula is C21H21FN6O2. The number of phenolic OH excluding ortho intramolecular Hbond substituents is 1. The standard InChI is InChI=1S/C21H21FN6O2/c1-12-9-17-21(22)19(11-16(12)27(17)2)30-20-6-5-15(24-25-20)14-4-3-13(10-18(14)29)28-8-7-23-26-28/h3-10,16-17,19,21,29H,11H2,1-2H3/t16?,17?,19-,21-/m0/s1. The Labute approximate surface area is 172 Å². The summed E-state index contributed by atoms with van der Waals surface area (Å²) in [5.74, 6) is 0.315. The van der Waals surface area contributed by atoms with Crippen LogP contribution in [0.1, 0.15) is 13.3 Å². The summed E-state index contributed by atoms with van der Waals surface area (Å²) in [6, 6.07) is 8.40. The summed E-state index contributed by atoms with van der Waals surface area (Å²) in [5, 5.41) is 26.3. The highest BCUT2D eigenvalue weighted by atomic mass is 19.1. The van der Waals surface area contributed by atoms with Crippen LogP contribution in [0.4, 0.5) is 4.39 Å². The van der Waals surface area contributed by atoms with Crippen LogP contribution in [-0.4, -0.2) is 66.6 Å². The smallest absolute Gasteiger partial charge is 0.233 e. The van der Waals surface area contributed by atoms with Crippen molar-refractivity contribution >= 4 is 0 Å². The third kappa shape index (κ3) is 3.11. The highest BCUT2D eigenvalue weighted by molar-refractivity contribution is 5.68. The first-order valence-electron chi connectivity index (χ1n) is 9.76. The number of ether oxygens (including phenoxy) is 1. The normalized spacial score (nSPS) is 25.9. The molecule has 1 fully saturated rings. The van der Waals surface area contributed by atoms with Crippen molar-refractivity contribution in [1.29, 1.82) is 0 Å². The van der Waals surface area contributed by atoms with Crippen LogP contribution in [0.3, 0.4) is 0 Å². The van der Waals surface area contributed by atoms with Crippen molar-refractivity contribution in [3.8, 4) is 28.6 Å². The largest absolute Gasteiger partial charge is 0.507 e. The third-order valence-corrected chi connectivity index (χ3v) is 5.91. The van der Waals surface area contributed by atoms with Crippen LogP contribution in [0.15, 0.2) is 54.4 Å². The second kappa shape index (κ2) is 7.17. The molecule has 2 aromatic heterocycles. The molecule has 2 aliphatic heterocycles.